The first kappa shape index (κ1) is 34.3. The van der Waals surface area contributed by atoms with E-state index in [4.69, 9.17) is 26.4 Å². The van der Waals surface area contributed by atoms with E-state index in [-0.39, 0.29) is 27.7 Å². The normalized spacial score (nSPS) is 15.8. The molecule has 0 atom stereocenters. The smallest absolute Gasteiger partial charge is 0.149 e. The van der Waals surface area contributed by atoms with E-state index in [0.717, 1.165) is 50.1 Å². The Morgan fingerprint density at radius 3 is 1.75 bits per heavy atom. The molecule has 9 rings (SSSR count). The van der Waals surface area contributed by atoms with Gasteiger partial charge in [0.1, 0.15) is 11.6 Å². The molecule has 9 aromatic rings. The number of imidazole rings is 1. The molecule has 4 nitrogen and oxygen atoms in total. The molecule has 4 heteroatoms. The number of benzene rings is 7. The highest BCUT2D eigenvalue weighted by molar-refractivity contribution is 5.98. The molecule has 0 unspecified atom stereocenters. The predicted octanol–water partition coefficient (Wildman–Crippen LogP) is 17.6. The summed E-state index contributed by atoms with van der Waals surface area (Å²) in [4.78, 5) is 10.4. The zero-order valence-corrected chi connectivity index (χ0v) is 40.9. The third-order valence-corrected chi connectivity index (χ3v) is 13.1. The van der Waals surface area contributed by atoms with Gasteiger partial charge in [0, 0.05) is 44.9 Å². The van der Waals surface area contributed by atoms with E-state index in [1.165, 1.54) is 24.3 Å². The summed E-state index contributed by atoms with van der Waals surface area (Å²) in [6, 6.07) is 48.9. The SMILES string of the molecule is [2H]C([2H])([2H])c1ccc(-n2c(-c3cc(C(C)(C)C)cc(C(C)(C)C)c3O)nc3c(-c4cc(-c5ccccc5)cc(-c5cc(-c6ccc(C(C([2H])([2H])[2H])(C([2H])([2H])[2H])C([2H])([2H])[2H])cc6)ccn5)c4)cccc32)c(-c2ccc(C(C)(C)C)cc2)c1. The number of aromatic hydroxyl groups is 1. The third-order valence-electron chi connectivity index (χ3n) is 13.1. The number of aryl methyl sites for hydroxylation is 1. The molecular weight excluding hydrogens is 839 g/mol. The second-order valence-corrected chi connectivity index (χ2v) is 21.3. The highest BCUT2D eigenvalue weighted by atomic mass is 16.3. The second-order valence-electron chi connectivity index (χ2n) is 21.3. The van der Waals surface area contributed by atoms with Crippen LogP contribution in [0.4, 0.5) is 0 Å². The summed E-state index contributed by atoms with van der Waals surface area (Å²) in [5.41, 5.74) is 8.47. The molecule has 0 spiro atoms. The number of aromatic nitrogens is 3. The van der Waals surface area contributed by atoms with Gasteiger partial charge >= 0.3 is 0 Å². The highest BCUT2D eigenvalue weighted by Crippen LogP contribution is 2.46. The first-order chi connectivity index (χ1) is 37.5. The van der Waals surface area contributed by atoms with Gasteiger partial charge in [-0.3, -0.25) is 9.55 Å². The van der Waals surface area contributed by atoms with Crippen molar-refractivity contribution in [2.45, 2.75) is 111 Å². The maximum absolute atomic E-state index is 12.7. The van der Waals surface area contributed by atoms with Gasteiger partial charge in [-0.25, -0.2) is 4.98 Å². The molecule has 348 valence electrons. The van der Waals surface area contributed by atoms with Gasteiger partial charge in [0.15, 0.2) is 0 Å². The van der Waals surface area contributed by atoms with Crippen LogP contribution in [0.25, 0.3) is 83.9 Å². The van der Waals surface area contributed by atoms with Crippen LogP contribution in [0.2, 0.25) is 0 Å². The Bertz CT molecular complexity index is 3780. The molecule has 0 radical (unpaired) electrons. The molecule has 0 saturated heterocycles. The molecule has 0 saturated carbocycles. The fourth-order valence-corrected chi connectivity index (χ4v) is 9.09. The van der Waals surface area contributed by atoms with Crippen LogP contribution in [0.1, 0.15) is 127 Å². The average Bonchev–Trinajstić information content (AvgIpc) is 2.80. The Hall–Kier alpha value is -7.04. The molecule has 0 aliphatic carbocycles. The van der Waals surface area contributed by atoms with Crippen molar-refractivity contribution in [2.24, 2.45) is 0 Å². The third kappa shape index (κ3) is 9.42. The highest BCUT2D eigenvalue weighted by Gasteiger charge is 2.29. The van der Waals surface area contributed by atoms with E-state index < -0.39 is 38.2 Å². The van der Waals surface area contributed by atoms with Gasteiger partial charge < -0.3 is 5.11 Å². The summed E-state index contributed by atoms with van der Waals surface area (Å²) in [6.45, 7) is 6.46. The Labute approximate surface area is 427 Å². The minimum Gasteiger partial charge on any atom is -0.507 e. The minimum atomic E-state index is -3.40. The van der Waals surface area contributed by atoms with E-state index in [0.29, 0.717) is 50.5 Å². The molecule has 69 heavy (non-hydrogen) atoms. The Kier molecular flexibility index (Phi) is 8.69. The standard InChI is InChI=1S/C65H67N3O/c1-41-22-31-57(53(34-41)44-25-29-50(30-26-44)63(5,6)7)68-58-21-17-20-52(59(58)67-61(68)54-39-51(64(8,9)10)40-55(60(54)69)65(11,12)13)47-35-46(42-18-15-14-16-19-42)36-48(37-47)56-38-45(32-33-66-56)43-23-27-49(28-24-43)62(2,3)4/h14-40,69H,1-13H3/i1D3,2D3,3D3,4D3. The molecule has 2 aromatic heterocycles. The number of nitrogens with zero attached hydrogens (tertiary/aromatic N) is 3. The number of phenols is 1. The monoisotopic (exact) mass is 918 g/mol. The van der Waals surface area contributed by atoms with Crippen molar-refractivity contribution in [3.63, 3.8) is 0 Å². The lowest BCUT2D eigenvalue weighted by Gasteiger charge is -2.27. The average molecular weight is 918 g/mol. The largest absolute Gasteiger partial charge is 0.507 e. The van der Waals surface area contributed by atoms with Crippen LogP contribution in [0.15, 0.2) is 164 Å². The number of rotatable bonds is 7. The van der Waals surface area contributed by atoms with Crippen molar-refractivity contribution in [1.82, 2.24) is 14.5 Å². The molecule has 2 heterocycles. The Morgan fingerprint density at radius 1 is 0.464 bits per heavy atom. The molecule has 1 N–H and O–H groups in total. The van der Waals surface area contributed by atoms with Crippen molar-refractivity contribution in [3.8, 4) is 78.6 Å². The fraction of sp³-hybridized carbons (Fsp3) is 0.262. The summed E-state index contributed by atoms with van der Waals surface area (Å²) in [6.07, 6.45) is 1.65. The van der Waals surface area contributed by atoms with E-state index in [1.807, 2.05) is 95.6 Å². The van der Waals surface area contributed by atoms with Crippen molar-refractivity contribution in [3.05, 3.63) is 192 Å². The number of fused-ring (bicyclic) bond motifs is 1. The molecule has 0 aliphatic rings. The van der Waals surface area contributed by atoms with Crippen LogP contribution >= 0.6 is 0 Å². The van der Waals surface area contributed by atoms with Crippen LogP contribution < -0.4 is 0 Å². The lowest BCUT2D eigenvalue weighted by atomic mass is 9.79. The van der Waals surface area contributed by atoms with Gasteiger partial charge in [-0.2, -0.15) is 0 Å². The van der Waals surface area contributed by atoms with Crippen molar-refractivity contribution in [1.29, 1.82) is 0 Å². The van der Waals surface area contributed by atoms with Crippen LogP contribution in [-0.2, 0) is 21.7 Å². The van der Waals surface area contributed by atoms with Gasteiger partial charge in [0.25, 0.3) is 0 Å². The molecule has 7 aromatic carbocycles. The van der Waals surface area contributed by atoms with E-state index in [1.54, 1.807) is 24.4 Å². The van der Waals surface area contributed by atoms with E-state index in [2.05, 4.69) is 86.6 Å². The van der Waals surface area contributed by atoms with Gasteiger partial charge in [0.2, 0.25) is 0 Å². The number of phenolic OH excluding ortho intramolecular Hbond substituents is 1. The maximum atomic E-state index is 12.7. The zero-order chi connectivity index (χ0) is 59.2. The van der Waals surface area contributed by atoms with Crippen molar-refractivity contribution >= 4 is 11.0 Å². The molecule has 0 fully saturated rings. The molecule has 0 amide bonds. The first-order valence-corrected chi connectivity index (χ1v) is 23.4. The summed E-state index contributed by atoms with van der Waals surface area (Å²) in [5, 5.41) is 12.7. The quantitative estimate of drug-likeness (QED) is 0.173. The Morgan fingerprint density at radius 2 is 1.10 bits per heavy atom. The lowest BCUT2D eigenvalue weighted by molar-refractivity contribution is 0.446. The fourth-order valence-electron chi connectivity index (χ4n) is 9.09. The number of para-hydroxylation sites is 1. The minimum absolute atomic E-state index is 0.0870. The van der Waals surface area contributed by atoms with Crippen molar-refractivity contribution < 1.29 is 21.6 Å². The number of hydrogen-bond donors (Lipinski definition) is 1. The van der Waals surface area contributed by atoms with Gasteiger partial charge in [0.05, 0.1) is 28.0 Å². The topological polar surface area (TPSA) is 50.9 Å². The van der Waals surface area contributed by atoms with Gasteiger partial charge in [-0.05, 0) is 133 Å². The van der Waals surface area contributed by atoms with E-state index >= 15 is 0 Å². The summed E-state index contributed by atoms with van der Waals surface area (Å²) in [7, 11) is 0. The second kappa shape index (κ2) is 17.5. The number of pyridine rings is 1. The summed E-state index contributed by atoms with van der Waals surface area (Å²) in [5.74, 6) is 0.540. The molecule has 0 aliphatic heterocycles. The van der Waals surface area contributed by atoms with E-state index in [9.17, 15) is 5.11 Å². The predicted molar refractivity (Wildman–Crippen MR) is 293 cm³/mol. The van der Waals surface area contributed by atoms with Crippen LogP contribution in [0.5, 0.6) is 5.75 Å². The van der Waals surface area contributed by atoms with Crippen LogP contribution in [-0.4, -0.2) is 19.6 Å². The van der Waals surface area contributed by atoms with Gasteiger partial charge in [-0.15, -0.1) is 0 Å². The molecular formula is C65H67N3O. The molecule has 0 bridgehead atoms. The van der Waals surface area contributed by atoms with Crippen molar-refractivity contribution in [2.75, 3.05) is 0 Å². The Balaban J connectivity index is 1.30. The number of hydrogen-bond acceptors (Lipinski definition) is 3. The van der Waals surface area contributed by atoms with Crippen LogP contribution in [0.3, 0.4) is 0 Å². The zero-order valence-electron chi connectivity index (χ0n) is 52.9. The maximum Gasteiger partial charge on any atom is 0.149 e. The lowest BCUT2D eigenvalue weighted by Crippen LogP contribution is -2.17. The summed E-state index contributed by atoms with van der Waals surface area (Å²) < 4.78 is 102. The van der Waals surface area contributed by atoms with Crippen LogP contribution in [0, 0.1) is 6.85 Å². The first-order valence-electron chi connectivity index (χ1n) is 29.4. The van der Waals surface area contributed by atoms with Gasteiger partial charge in [-0.1, -0.05) is 192 Å². The summed E-state index contributed by atoms with van der Waals surface area (Å²) >= 11 is 0.